The third kappa shape index (κ3) is 6.69. The maximum atomic E-state index is 12.7. The molecule has 1 heterocycles. The third-order valence-corrected chi connectivity index (χ3v) is 6.21. The Bertz CT molecular complexity index is 1110. The molecular weight excluding hydrogens is 474 g/mol. The lowest BCUT2D eigenvalue weighted by molar-refractivity contribution is -0.129. The van der Waals surface area contributed by atoms with Crippen LogP contribution in [0, 0.1) is 0 Å². The van der Waals surface area contributed by atoms with Crippen molar-refractivity contribution in [1.29, 1.82) is 0 Å². The fraction of sp³-hybridized carbons (Fsp3) is 0.240. The Morgan fingerprint density at radius 3 is 2.44 bits per heavy atom. The molecule has 2 aromatic carbocycles. The Hall–Kier alpha value is -3.14. The van der Waals surface area contributed by atoms with Crippen molar-refractivity contribution in [3.8, 4) is 17.2 Å². The highest BCUT2D eigenvalue weighted by Crippen LogP contribution is 2.35. The number of carbonyl (C=O) groups excluding carboxylic acids is 2. The first-order chi connectivity index (χ1) is 16.4. The molecule has 9 heteroatoms. The molecule has 3 rings (SSSR count). The summed E-state index contributed by atoms with van der Waals surface area (Å²) in [6.45, 7) is 1.07. The van der Waals surface area contributed by atoms with Crippen molar-refractivity contribution in [3.63, 3.8) is 0 Å². The van der Waals surface area contributed by atoms with Gasteiger partial charge in [0.05, 0.1) is 19.1 Å². The number of hydrogen-bond acceptors (Lipinski definition) is 8. The zero-order chi connectivity index (χ0) is 24.5. The molecule has 1 aliphatic heterocycles. The molecular formula is C25H25NO6S2. The van der Waals surface area contributed by atoms with Crippen LogP contribution < -0.4 is 14.2 Å². The first kappa shape index (κ1) is 25.5. The van der Waals surface area contributed by atoms with Crippen LogP contribution in [0.25, 0.3) is 12.2 Å². The van der Waals surface area contributed by atoms with E-state index in [1.54, 1.807) is 61.6 Å². The number of benzene rings is 2. The Balaban J connectivity index is 1.68. The minimum atomic E-state index is -0.543. The van der Waals surface area contributed by atoms with Crippen LogP contribution >= 0.6 is 24.0 Å². The number of nitrogens with zero attached hydrogens (tertiary/aromatic N) is 1. The Kier molecular flexibility index (Phi) is 9.26. The summed E-state index contributed by atoms with van der Waals surface area (Å²) in [6, 6.07) is 12.4. The van der Waals surface area contributed by atoms with Gasteiger partial charge >= 0.3 is 5.97 Å². The summed E-state index contributed by atoms with van der Waals surface area (Å²) in [4.78, 5) is 27.1. The van der Waals surface area contributed by atoms with Crippen LogP contribution in [0.2, 0.25) is 0 Å². The van der Waals surface area contributed by atoms with Crippen molar-refractivity contribution >= 4 is 52.3 Å². The predicted octanol–water partition coefficient (Wildman–Crippen LogP) is 4.56. The lowest BCUT2D eigenvalue weighted by Gasteiger charge is -2.13. The monoisotopic (exact) mass is 499 g/mol. The van der Waals surface area contributed by atoms with Crippen LogP contribution in [0.15, 0.2) is 53.4 Å². The number of rotatable bonds is 10. The van der Waals surface area contributed by atoms with Crippen molar-refractivity contribution in [2.45, 2.75) is 6.42 Å². The summed E-state index contributed by atoms with van der Waals surface area (Å²) in [5.74, 6) is 0.701. The minimum absolute atomic E-state index is 0.135. The van der Waals surface area contributed by atoms with E-state index in [2.05, 4.69) is 0 Å². The fourth-order valence-corrected chi connectivity index (χ4v) is 4.40. The minimum Gasteiger partial charge on any atom is -0.497 e. The van der Waals surface area contributed by atoms with Gasteiger partial charge in [-0.05, 0) is 54.0 Å². The topological polar surface area (TPSA) is 74.3 Å². The Morgan fingerprint density at radius 2 is 1.76 bits per heavy atom. The SMILES string of the molecule is COCCCN1C(=O)C(=Cc2ccc(OC(=O)C=Cc3ccc(OC)cc3)c(OC)c2)SC1=S. The van der Waals surface area contributed by atoms with Gasteiger partial charge in [0.2, 0.25) is 0 Å². The van der Waals surface area contributed by atoms with E-state index in [0.717, 1.165) is 16.9 Å². The zero-order valence-corrected chi connectivity index (χ0v) is 20.7. The zero-order valence-electron chi connectivity index (χ0n) is 19.1. The molecule has 2 aromatic rings. The average molecular weight is 500 g/mol. The van der Waals surface area contributed by atoms with E-state index in [1.807, 2.05) is 12.1 Å². The van der Waals surface area contributed by atoms with Gasteiger partial charge < -0.3 is 18.9 Å². The van der Waals surface area contributed by atoms with E-state index in [-0.39, 0.29) is 11.7 Å². The number of amides is 1. The standard InChI is InChI=1S/C25H25NO6S2/c1-29-14-4-13-26-24(28)22(34-25(26)33)16-18-7-11-20(21(15-18)31-3)32-23(27)12-8-17-5-9-19(30-2)10-6-17/h5-12,15-16H,4,13-14H2,1-3H3. The number of esters is 1. The molecule has 0 radical (unpaired) electrons. The number of thioether (sulfide) groups is 1. The first-order valence-corrected chi connectivity index (χ1v) is 11.6. The van der Waals surface area contributed by atoms with Gasteiger partial charge in [-0.3, -0.25) is 9.69 Å². The van der Waals surface area contributed by atoms with E-state index in [0.29, 0.717) is 34.5 Å². The van der Waals surface area contributed by atoms with Crippen LogP contribution in [0.4, 0.5) is 0 Å². The molecule has 1 aliphatic rings. The normalized spacial score (nSPS) is 14.8. The summed E-state index contributed by atoms with van der Waals surface area (Å²) in [5, 5.41) is 0. The van der Waals surface area contributed by atoms with Gasteiger partial charge in [0.15, 0.2) is 11.5 Å². The first-order valence-electron chi connectivity index (χ1n) is 10.4. The van der Waals surface area contributed by atoms with Gasteiger partial charge in [0.1, 0.15) is 10.1 Å². The predicted molar refractivity (Wildman–Crippen MR) is 137 cm³/mol. The number of methoxy groups -OCH3 is 3. The number of ether oxygens (including phenoxy) is 4. The van der Waals surface area contributed by atoms with Gasteiger partial charge in [-0.2, -0.15) is 0 Å². The largest absolute Gasteiger partial charge is 0.497 e. The summed E-state index contributed by atoms with van der Waals surface area (Å²) in [5.41, 5.74) is 1.56. The highest BCUT2D eigenvalue weighted by atomic mass is 32.2. The van der Waals surface area contributed by atoms with Crippen molar-refractivity contribution in [1.82, 2.24) is 4.90 Å². The number of thiocarbonyl (C=S) groups is 1. The summed E-state index contributed by atoms with van der Waals surface area (Å²) >= 11 is 6.60. The van der Waals surface area contributed by atoms with Crippen LogP contribution in [0.5, 0.6) is 17.2 Å². The lowest BCUT2D eigenvalue weighted by Crippen LogP contribution is -2.29. The molecule has 1 saturated heterocycles. The molecule has 0 atom stereocenters. The van der Waals surface area contributed by atoms with E-state index in [4.69, 9.17) is 31.2 Å². The van der Waals surface area contributed by atoms with Crippen LogP contribution in [-0.2, 0) is 14.3 Å². The molecule has 0 unspecified atom stereocenters. The van der Waals surface area contributed by atoms with Gasteiger partial charge in [0.25, 0.3) is 5.91 Å². The van der Waals surface area contributed by atoms with Crippen molar-refractivity contribution in [3.05, 3.63) is 64.6 Å². The average Bonchev–Trinajstić information content (AvgIpc) is 3.11. The Labute approximate surface area is 208 Å². The highest BCUT2D eigenvalue weighted by molar-refractivity contribution is 8.26. The molecule has 0 aliphatic carbocycles. The smallest absolute Gasteiger partial charge is 0.336 e. The molecule has 0 N–H and O–H groups in total. The quantitative estimate of drug-likeness (QED) is 0.155. The van der Waals surface area contributed by atoms with Crippen molar-refractivity contribution in [2.75, 3.05) is 34.5 Å². The highest BCUT2D eigenvalue weighted by Gasteiger charge is 2.31. The van der Waals surface area contributed by atoms with Gasteiger partial charge in [-0.15, -0.1) is 0 Å². The van der Waals surface area contributed by atoms with Gasteiger partial charge in [0, 0.05) is 26.3 Å². The summed E-state index contributed by atoms with van der Waals surface area (Å²) < 4.78 is 21.5. The second-order valence-corrected chi connectivity index (χ2v) is 8.79. The molecule has 0 bridgehead atoms. The summed E-state index contributed by atoms with van der Waals surface area (Å²) in [7, 11) is 4.70. The van der Waals surface area contributed by atoms with E-state index < -0.39 is 5.97 Å². The molecule has 178 valence electrons. The van der Waals surface area contributed by atoms with Crippen molar-refractivity contribution in [2.24, 2.45) is 0 Å². The molecule has 7 nitrogen and oxygen atoms in total. The maximum absolute atomic E-state index is 12.7. The van der Waals surface area contributed by atoms with E-state index in [1.165, 1.54) is 24.9 Å². The molecule has 0 aromatic heterocycles. The number of hydrogen-bond donors (Lipinski definition) is 0. The van der Waals surface area contributed by atoms with Crippen LogP contribution in [-0.4, -0.2) is 55.6 Å². The molecule has 0 saturated carbocycles. The van der Waals surface area contributed by atoms with Crippen LogP contribution in [0.3, 0.4) is 0 Å². The van der Waals surface area contributed by atoms with Crippen molar-refractivity contribution < 1.29 is 28.5 Å². The lowest BCUT2D eigenvalue weighted by atomic mass is 10.2. The van der Waals surface area contributed by atoms with E-state index in [9.17, 15) is 9.59 Å². The van der Waals surface area contributed by atoms with E-state index >= 15 is 0 Å². The summed E-state index contributed by atoms with van der Waals surface area (Å²) in [6.07, 6.45) is 5.44. The third-order valence-electron chi connectivity index (χ3n) is 4.83. The molecule has 34 heavy (non-hydrogen) atoms. The maximum Gasteiger partial charge on any atom is 0.336 e. The van der Waals surface area contributed by atoms with Crippen LogP contribution in [0.1, 0.15) is 17.5 Å². The molecule has 0 spiro atoms. The van der Waals surface area contributed by atoms with Gasteiger partial charge in [-0.1, -0.05) is 42.2 Å². The molecule has 1 fully saturated rings. The fourth-order valence-electron chi connectivity index (χ4n) is 3.09. The Morgan fingerprint density at radius 1 is 1.03 bits per heavy atom. The second-order valence-electron chi connectivity index (χ2n) is 7.12. The second kappa shape index (κ2) is 12.4. The van der Waals surface area contributed by atoms with Gasteiger partial charge in [-0.25, -0.2) is 4.79 Å². The number of carbonyl (C=O) groups is 2. The molecule has 1 amide bonds.